The first-order valence-electron chi connectivity index (χ1n) is 27.8. The molecule has 9 heterocycles. The number of halogens is 2. The lowest BCUT2D eigenvalue weighted by atomic mass is 10.2. The molecule has 12 aromatic rings. The molecule has 22 heteroatoms. The third-order valence-corrected chi connectivity index (χ3v) is 14.8. The molecule has 15 rings (SSSR count). The van der Waals surface area contributed by atoms with Crippen molar-refractivity contribution in [1.82, 2.24) is 72.7 Å². The summed E-state index contributed by atoms with van der Waals surface area (Å²) in [6, 6.07) is 29.8. The SMILES string of the molecule is CC(C)COc1nc(Cn2c(=O)n(C3CC3)c3ccncc32)nc2ccccc12.CC(C)Oc1nc(Cn2c(=O)n(C3CC3)c3ccncc32)nc2ccccc12.ClCc1nc(Cl)c2ccccc2n1.O=c1[nH]c2cnccc2n1C1CC1. The van der Waals surface area contributed by atoms with Crippen LogP contribution in [0.3, 0.4) is 0 Å². The van der Waals surface area contributed by atoms with Crippen molar-refractivity contribution in [3.63, 3.8) is 0 Å². The molecular weight excluding hydrogens is 1090 g/mol. The van der Waals surface area contributed by atoms with E-state index in [0.717, 1.165) is 104 Å². The van der Waals surface area contributed by atoms with Gasteiger partial charge in [0.15, 0.2) is 11.6 Å². The molecule has 0 bridgehead atoms. The molecule has 0 radical (unpaired) electrons. The van der Waals surface area contributed by atoms with Crippen LogP contribution in [0.2, 0.25) is 5.15 Å². The minimum Gasteiger partial charge on any atom is -0.477 e. The van der Waals surface area contributed by atoms with Gasteiger partial charge in [0.1, 0.15) is 11.0 Å². The zero-order valence-corrected chi connectivity index (χ0v) is 47.7. The van der Waals surface area contributed by atoms with E-state index in [1.807, 2.05) is 119 Å². The number of alkyl halides is 1. The molecule has 0 amide bonds. The van der Waals surface area contributed by atoms with E-state index >= 15 is 0 Å². The molecule has 0 unspecified atom stereocenters. The summed E-state index contributed by atoms with van der Waals surface area (Å²) >= 11 is 11.5. The lowest BCUT2D eigenvalue weighted by Gasteiger charge is -2.13. The number of imidazole rings is 3. The van der Waals surface area contributed by atoms with Gasteiger partial charge in [0.25, 0.3) is 0 Å². The molecular formula is C61H59Cl2N15O5. The molecule has 20 nitrogen and oxygen atoms in total. The van der Waals surface area contributed by atoms with Gasteiger partial charge in [-0.25, -0.2) is 34.3 Å². The number of ether oxygens (including phenoxy) is 2. The van der Waals surface area contributed by atoms with E-state index in [4.69, 9.17) is 37.7 Å². The van der Waals surface area contributed by atoms with Gasteiger partial charge in [0, 0.05) is 42.1 Å². The first kappa shape index (κ1) is 54.7. The lowest BCUT2D eigenvalue weighted by molar-refractivity contribution is 0.235. The molecule has 0 aliphatic heterocycles. The fourth-order valence-corrected chi connectivity index (χ4v) is 10.4. The first-order valence-corrected chi connectivity index (χ1v) is 28.7. The minimum absolute atomic E-state index is 0.00476. The highest BCUT2D eigenvalue weighted by Crippen LogP contribution is 2.38. The van der Waals surface area contributed by atoms with Crippen molar-refractivity contribution in [3.05, 3.63) is 182 Å². The number of para-hydroxylation sites is 3. The van der Waals surface area contributed by atoms with Crippen LogP contribution in [0, 0.1) is 5.92 Å². The van der Waals surface area contributed by atoms with Gasteiger partial charge in [-0.15, -0.1) is 11.6 Å². The number of benzene rings is 3. The molecule has 0 atom stereocenters. The molecule has 0 spiro atoms. The largest absolute Gasteiger partial charge is 0.477 e. The third kappa shape index (κ3) is 11.8. The molecule has 1 N–H and O–H groups in total. The second-order valence-corrected chi connectivity index (χ2v) is 22.1. The van der Waals surface area contributed by atoms with Crippen LogP contribution in [0.1, 0.15) is 102 Å². The van der Waals surface area contributed by atoms with Crippen molar-refractivity contribution < 1.29 is 9.47 Å². The van der Waals surface area contributed by atoms with E-state index in [9.17, 15) is 14.4 Å². The number of rotatable bonds is 13. The standard InChI is InChI=1S/C22H23N5O2.C21H21N5O2.C9H6Cl2N2.C9H9N3O/c1-14(2)13-29-21-16-5-3-4-6-17(16)24-20(25-21)12-26-19-11-23-10-9-18(19)27(22(26)28)15-7-8-15;1-13(2)28-20-15-5-3-4-6-16(15)23-19(24-20)12-25-18-11-22-10-9-17(18)26(21(25)27)14-7-8-14;10-5-8-12-7-4-2-1-3-6(7)9(11)13-8;13-9-11-7-5-10-4-3-8(7)12(9)6-1-2-6/h3-6,9-11,14-15H,7-8,12-13H2,1-2H3;3-6,9-11,13-14H,7-8,12H2,1-2H3;1-4H,5H2;3-6H,1-2H2,(H,11,13). The number of pyridine rings is 3. The third-order valence-electron chi connectivity index (χ3n) is 14.2. The number of aromatic amines is 1. The molecule has 83 heavy (non-hydrogen) atoms. The molecule has 3 aliphatic rings. The van der Waals surface area contributed by atoms with Gasteiger partial charge < -0.3 is 14.5 Å². The Balaban J connectivity index is 0.000000116. The van der Waals surface area contributed by atoms with Crippen LogP contribution in [-0.4, -0.2) is 85.4 Å². The van der Waals surface area contributed by atoms with Crippen LogP contribution in [-0.2, 0) is 19.0 Å². The summed E-state index contributed by atoms with van der Waals surface area (Å²) in [6.07, 6.45) is 16.8. The van der Waals surface area contributed by atoms with Crippen LogP contribution in [0.4, 0.5) is 0 Å². The van der Waals surface area contributed by atoms with E-state index in [1.54, 1.807) is 46.3 Å². The molecule has 422 valence electrons. The second-order valence-electron chi connectivity index (χ2n) is 21.5. The predicted molar refractivity (Wildman–Crippen MR) is 321 cm³/mol. The van der Waals surface area contributed by atoms with Crippen LogP contribution in [0.15, 0.2) is 143 Å². The Morgan fingerprint density at radius 3 is 1.51 bits per heavy atom. The van der Waals surface area contributed by atoms with Gasteiger partial charge in [0.05, 0.1) is 111 Å². The first-order chi connectivity index (χ1) is 40.4. The molecule has 3 aliphatic carbocycles. The Bertz CT molecular complexity index is 4540. The summed E-state index contributed by atoms with van der Waals surface area (Å²) in [5.74, 6) is 3.45. The summed E-state index contributed by atoms with van der Waals surface area (Å²) in [5, 5.41) is 3.07. The van der Waals surface area contributed by atoms with Gasteiger partial charge in [-0.3, -0.25) is 37.8 Å². The Morgan fingerprint density at radius 2 is 0.988 bits per heavy atom. The second kappa shape index (κ2) is 23.5. The highest BCUT2D eigenvalue weighted by atomic mass is 35.5. The Hall–Kier alpha value is -8.88. The Labute approximate surface area is 484 Å². The molecule has 0 saturated heterocycles. The summed E-state index contributed by atoms with van der Waals surface area (Å²) in [5.41, 5.74) is 7.64. The number of hydrogen-bond acceptors (Lipinski definition) is 14. The van der Waals surface area contributed by atoms with E-state index in [-0.39, 0.29) is 54.2 Å². The van der Waals surface area contributed by atoms with Crippen molar-refractivity contribution in [2.75, 3.05) is 6.61 Å². The smallest absolute Gasteiger partial charge is 0.329 e. The van der Waals surface area contributed by atoms with E-state index in [1.165, 1.54) is 0 Å². The molecule has 3 saturated carbocycles. The summed E-state index contributed by atoms with van der Waals surface area (Å²) in [7, 11) is 0. The van der Waals surface area contributed by atoms with Crippen molar-refractivity contribution in [1.29, 1.82) is 0 Å². The maximum Gasteiger partial charge on any atom is 0.329 e. The quantitative estimate of drug-likeness (QED) is 0.0837. The van der Waals surface area contributed by atoms with Gasteiger partial charge in [-0.2, -0.15) is 9.97 Å². The van der Waals surface area contributed by atoms with Crippen LogP contribution in [0.5, 0.6) is 11.8 Å². The van der Waals surface area contributed by atoms with E-state index in [0.29, 0.717) is 53.0 Å². The van der Waals surface area contributed by atoms with Crippen LogP contribution >= 0.6 is 23.2 Å². The zero-order valence-electron chi connectivity index (χ0n) is 46.1. The van der Waals surface area contributed by atoms with Gasteiger partial charge >= 0.3 is 17.1 Å². The number of fused-ring (bicyclic) bond motifs is 6. The van der Waals surface area contributed by atoms with Crippen molar-refractivity contribution in [2.24, 2.45) is 5.92 Å². The maximum atomic E-state index is 13.1. The van der Waals surface area contributed by atoms with Crippen molar-refractivity contribution >= 4 is 89.0 Å². The highest BCUT2D eigenvalue weighted by Gasteiger charge is 2.31. The van der Waals surface area contributed by atoms with Gasteiger partial charge in [-0.1, -0.05) is 61.8 Å². The average Bonchev–Trinajstić information content (AvgIpc) is 4.60. The Kier molecular flexibility index (Phi) is 15.5. The summed E-state index contributed by atoms with van der Waals surface area (Å²) in [4.78, 5) is 79.9. The monoisotopic (exact) mass is 1150 g/mol. The predicted octanol–water partition coefficient (Wildman–Crippen LogP) is 11.0. The number of hydrogen-bond donors (Lipinski definition) is 1. The highest BCUT2D eigenvalue weighted by molar-refractivity contribution is 6.34. The zero-order chi connectivity index (χ0) is 57.3. The van der Waals surface area contributed by atoms with Crippen molar-refractivity contribution in [2.45, 2.75) is 109 Å². The van der Waals surface area contributed by atoms with E-state index < -0.39 is 0 Å². The normalized spacial score (nSPS) is 14.0. The summed E-state index contributed by atoms with van der Waals surface area (Å²) in [6.45, 7) is 9.27. The number of nitrogens with one attached hydrogen (secondary N) is 1. The van der Waals surface area contributed by atoms with Gasteiger partial charge in [-0.05, 0) is 113 Å². The topological polar surface area (TPSA) is 226 Å². The summed E-state index contributed by atoms with van der Waals surface area (Å²) < 4.78 is 20.9. The fraction of sp³-hybridized carbons (Fsp3) is 0.311. The van der Waals surface area contributed by atoms with Crippen molar-refractivity contribution in [3.8, 4) is 11.8 Å². The van der Waals surface area contributed by atoms with E-state index in [2.05, 4.69) is 58.7 Å². The molecule has 3 fully saturated rings. The van der Waals surface area contributed by atoms with Crippen LogP contribution < -0.4 is 26.5 Å². The minimum atomic E-state index is -0.0337. The Morgan fingerprint density at radius 1 is 0.530 bits per heavy atom. The van der Waals surface area contributed by atoms with Crippen LogP contribution in [0.25, 0.3) is 65.8 Å². The number of H-pyrrole nitrogens is 1. The number of nitrogens with zero attached hydrogens (tertiary/aromatic N) is 14. The fourth-order valence-electron chi connectivity index (χ4n) is 10.0. The average molecular weight is 1150 g/mol. The molecule has 9 aromatic heterocycles. The number of aromatic nitrogens is 15. The van der Waals surface area contributed by atoms with Gasteiger partial charge in [0.2, 0.25) is 11.8 Å². The molecule has 3 aromatic carbocycles. The maximum absolute atomic E-state index is 13.1. The lowest BCUT2D eigenvalue weighted by Crippen LogP contribution is -2.25.